The molecule has 0 spiro atoms. The summed E-state index contributed by atoms with van der Waals surface area (Å²) in [6.45, 7) is 5.22. The van der Waals surface area contributed by atoms with Crippen LogP contribution in [-0.4, -0.2) is 18.2 Å². The van der Waals surface area contributed by atoms with E-state index in [9.17, 15) is 13.6 Å². The summed E-state index contributed by atoms with van der Waals surface area (Å²) in [6, 6.07) is 1.87. The normalized spacial score (nSPS) is 10.5. The second kappa shape index (κ2) is 6.71. The number of carbonyl (C=O) groups is 1. The lowest BCUT2D eigenvalue weighted by Crippen LogP contribution is -2.32. The van der Waals surface area contributed by atoms with Crippen LogP contribution in [0.4, 0.5) is 13.6 Å². The smallest absolute Gasteiger partial charge is 0.408 e. The molecular weight excluding hydrogens is 332 g/mol. The van der Waals surface area contributed by atoms with Gasteiger partial charge in [0, 0.05) is 10.5 Å². The van der Waals surface area contributed by atoms with Crippen molar-refractivity contribution in [3.05, 3.63) is 33.8 Å². The summed E-state index contributed by atoms with van der Waals surface area (Å²) in [5.74, 6) is 3.63. The fourth-order valence-corrected chi connectivity index (χ4v) is 1.73. The molecule has 0 aliphatic rings. The maximum atomic E-state index is 13.4. The second-order valence-electron chi connectivity index (χ2n) is 4.90. The zero-order chi connectivity index (χ0) is 15.3. The molecule has 6 heteroatoms. The highest BCUT2D eigenvalue weighted by Gasteiger charge is 2.15. The number of rotatable bonds is 1. The lowest BCUT2D eigenvalue weighted by molar-refractivity contribution is 0.0535. The first-order chi connectivity index (χ1) is 9.19. The topological polar surface area (TPSA) is 38.3 Å². The minimum Gasteiger partial charge on any atom is -0.444 e. The van der Waals surface area contributed by atoms with Gasteiger partial charge in [0.25, 0.3) is 0 Å². The Morgan fingerprint density at radius 1 is 1.40 bits per heavy atom. The molecule has 1 rings (SSSR count). The minimum atomic E-state index is -0.762. The molecule has 108 valence electrons. The molecule has 0 radical (unpaired) electrons. The number of ether oxygens (including phenoxy) is 1. The van der Waals surface area contributed by atoms with E-state index in [-0.39, 0.29) is 16.6 Å². The average Bonchev–Trinajstić information content (AvgIpc) is 2.23. The van der Waals surface area contributed by atoms with Crippen LogP contribution < -0.4 is 5.32 Å². The number of hydrogen-bond acceptors (Lipinski definition) is 2. The van der Waals surface area contributed by atoms with E-state index in [4.69, 9.17) is 4.74 Å². The fraction of sp³-hybridized carbons (Fsp3) is 0.357. The van der Waals surface area contributed by atoms with E-state index in [1.807, 2.05) is 0 Å². The van der Waals surface area contributed by atoms with Gasteiger partial charge in [-0.05, 0) is 42.8 Å². The fourth-order valence-electron chi connectivity index (χ4n) is 1.22. The van der Waals surface area contributed by atoms with Crippen LogP contribution in [0.1, 0.15) is 26.3 Å². The lowest BCUT2D eigenvalue weighted by atomic mass is 10.2. The number of amides is 1. The minimum absolute atomic E-state index is 0.00182. The zero-order valence-electron chi connectivity index (χ0n) is 11.3. The van der Waals surface area contributed by atoms with Crippen LogP contribution in [0.2, 0.25) is 0 Å². The Bertz CT molecular complexity index is 548. The monoisotopic (exact) mass is 345 g/mol. The molecule has 0 saturated carbocycles. The van der Waals surface area contributed by atoms with Gasteiger partial charge in [-0.25, -0.2) is 13.6 Å². The number of hydrogen-bond donors (Lipinski definition) is 1. The van der Waals surface area contributed by atoms with Crippen molar-refractivity contribution in [2.75, 3.05) is 6.54 Å². The Kier molecular flexibility index (Phi) is 5.52. The van der Waals surface area contributed by atoms with E-state index in [0.717, 1.165) is 12.1 Å². The molecule has 3 nitrogen and oxygen atoms in total. The van der Waals surface area contributed by atoms with Crippen LogP contribution in [0.25, 0.3) is 0 Å². The van der Waals surface area contributed by atoms with Crippen LogP contribution in [0.15, 0.2) is 16.6 Å². The van der Waals surface area contributed by atoms with Crippen molar-refractivity contribution in [1.82, 2.24) is 5.32 Å². The van der Waals surface area contributed by atoms with Crippen molar-refractivity contribution >= 4 is 22.0 Å². The van der Waals surface area contributed by atoms with E-state index in [2.05, 4.69) is 33.1 Å². The molecule has 1 N–H and O–H groups in total. The van der Waals surface area contributed by atoms with Gasteiger partial charge in [0.05, 0.1) is 12.1 Å². The number of carbonyl (C=O) groups excluding carboxylic acids is 1. The molecule has 0 saturated heterocycles. The van der Waals surface area contributed by atoms with E-state index in [1.54, 1.807) is 20.8 Å². The first-order valence-electron chi connectivity index (χ1n) is 5.79. The molecule has 0 aliphatic carbocycles. The molecule has 0 atom stereocenters. The summed E-state index contributed by atoms with van der Waals surface area (Å²) in [5, 5.41) is 2.41. The number of halogens is 3. The van der Waals surface area contributed by atoms with Crippen molar-refractivity contribution in [3.63, 3.8) is 0 Å². The third-order valence-electron chi connectivity index (χ3n) is 1.94. The SMILES string of the molecule is CC(C)(C)OC(=O)NCC#Cc1c(F)cc(F)cc1Br. The Morgan fingerprint density at radius 3 is 2.60 bits per heavy atom. The van der Waals surface area contributed by atoms with E-state index >= 15 is 0 Å². The van der Waals surface area contributed by atoms with Gasteiger partial charge in [-0.2, -0.15) is 0 Å². The molecule has 0 unspecified atom stereocenters. The first kappa shape index (κ1) is 16.4. The predicted octanol–water partition coefficient (Wildman–Crippen LogP) is 3.60. The predicted molar refractivity (Wildman–Crippen MR) is 75.2 cm³/mol. The highest BCUT2D eigenvalue weighted by Crippen LogP contribution is 2.20. The highest BCUT2D eigenvalue weighted by atomic mass is 79.9. The summed E-state index contributed by atoms with van der Waals surface area (Å²) in [4.78, 5) is 11.3. The van der Waals surface area contributed by atoms with E-state index < -0.39 is 23.3 Å². The molecule has 20 heavy (non-hydrogen) atoms. The molecule has 1 amide bonds. The summed E-state index contributed by atoms with van der Waals surface area (Å²) in [7, 11) is 0. The molecule has 1 aromatic rings. The second-order valence-corrected chi connectivity index (χ2v) is 5.76. The van der Waals surface area contributed by atoms with Crippen molar-refractivity contribution in [2.45, 2.75) is 26.4 Å². The number of benzene rings is 1. The molecular formula is C14H14BrF2NO2. The molecule has 0 bridgehead atoms. The third-order valence-corrected chi connectivity index (χ3v) is 2.57. The van der Waals surface area contributed by atoms with Gasteiger partial charge in [-0.1, -0.05) is 11.8 Å². The molecule has 0 heterocycles. The van der Waals surface area contributed by atoms with E-state index in [1.165, 1.54) is 0 Å². The van der Waals surface area contributed by atoms with Gasteiger partial charge in [0.15, 0.2) is 0 Å². The quantitative estimate of drug-likeness (QED) is 0.789. The molecule has 0 aliphatic heterocycles. The lowest BCUT2D eigenvalue weighted by Gasteiger charge is -2.19. The molecule has 1 aromatic carbocycles. The molecule has 0 aromatic heterocycles. The van der Waals surface area contributed by atoms with Crippen molar-refractivity contribution in [2.24, 2.45) is 0 Å². The Morgan fingerprint density at radius 2 is 2.05 bits per heavy atom. The Balaban J connectivity index is 2.62. The van der Waals surface area contributed by atoms with Gasteiger partial charge in [0.1, 0.15) is 17.2 Å². The van der Waals surface area contributed by atoms with Gasteiger partial charge < -0.3 is 10.1 Å². The number of alkyl carbamates (subject to hydrolysis) is 1. The van der Waals surface area contributed by atoms with Crippen LogP contribution in [-0.2, 0) is 4.74 Å². The summed E-state index contributed by atoms with van der Waals surface area (Å²) in [5.41, 5.74) is -0.554. The first-order valence-corrected chi connectivity index (χ1v) is 6.58. The highest BCUT2D eigenvalue weighted by molar-refractivity contribution is 9.10. The number of nitrogens with one attached hydrogen (secondary N) is 1. The largest absolute Gasteiger partial charge is 0.444 e. The van der Waals surface area contributed by atoms with Crippen LogP contribution >= 0.6 is 15.9 Å². The summed E-state index contributed by atoms with van der Waals surface area (Å²) >= 11 is 3.02. The maximum Gasteiger partial charge on any atom is 0.408 e. The summed E-state index contributed by atoms with van der Waals surface area (Å²) < 4.78 is 31.5. The van der Waals surface area contributed by atoms with Crippen LogP contribution in [0.3, 0.4) is 0 Å². The zero-order valence-corrected chi connectivity index (χ0v) is 12.9. The van der Waals surface area contributed by atoms with Gasteiger partial charge >= 0.3 is 6.09 Å². The maximum absolute atomic E-state index is 13.4. The summed E-state index contributed by atoms with van der Waals surface area (Å²) in [6.07, 6.45) is -0.606. The van der Waals surface area contributed by atoms with Gasteiger partial charge in [0.2, 0.25) is 0 Å². The Hall–Kier alpha value is -1.61. The van der Waals surface area contributed by atoms with Crippen molar-refractivity contribution < 1.29 is 18.3 Å². The average molecular weight is 346 g/mol. The van der Waals surface area contributed by atoms with Gasteiger partial charge in [-0.3, -0.25) is 0 Å². The third kappa shape index (κ3) is 5.57. The standard InChI is InChI=1S/C14H14BrF2NO2/c1-14(2,3)20-13(19)18-6-4-5-10-11(15)7-9(16)8-12(10)17/h7-8H,6H2,1-3H3,(H,18,19). The van der Waals surface area contributed by atoms with Crippen molar-refractivity contribution in [3.8, 4) is 11.8 Å². The van der Waals surface area contributed by atoms with E-state index in [0.29, 0.717) is 0 Å². The van der Waals surface area contributed by atoms with Crippen LogP contribution in [0.5, 0.6) is 0 Å². The van der Waals surface area contributed by atoms with Crippen LogP contribution in [0, 0.1) is 23.5 Å². The van der Waals surface area contributed by atoms with Gasteiger partial charge in [-0.15, -0.1) is 0 Å². The molecule has 0 fully saturated rings. The Labute approximate surface area is 124 Å². The van der Waals surface area contributed by atoms with Crippen molar-refractivity contribution in [1.29, 1.82) is 0 Å².